The highest BCUT2D eigenvalue weighted by molar-refractivity contribution is 7.91. The van der Waals surface area contributed by atoms with E-state index in [2.05, 4.69) is 0 Å². The molecular weight excluding hydrogens is 337 g/mol. The molecule has 6 nitrogen and oxygen atoms in total. The van der Waals surface area contributed by atoms with Crippen LogP contribution in [0.4, 0.5) is 24.5 Å². The molecule has 0 bridgehead atoms. The zero-order valence-corrected chi connectivity index (χ0v) is 12.1. The third-order valence-electron chi connectivity index (χ3n) is 2.97. The second-order valence-corrected chi connectivity index (χ2v) is 6.46. The van der Waals surface area contributed by atoms with Crippen LogP contribution >= 0.6 is 0 Å². The monoisotopic (exact) mass is 346 g/mol. The van der Waals surface area contributed by atoms with E-state index in [1.165, 1.54) is 12.1 Å². The van der Waals surface area contributed by atoms with Crippen molar-refractivity contribution in [2.75, 3.05) is 5.73 Å². The first kappa shape index (κ1) is 16.7. The smallest absolute Gasteiger partial charge is 0.399 e. The van der Waals surface area contributed by atoms with Crippen molar-refractivity contribution in [1.29, 1.82) is 0 Å². The van der Waals surface area contributed by atoms with Gasteiger partial charge in [0.25, 0.3) is 5.69 Å². The fraction of sp³-hybridized carbons (Fsp3) is 0.0769. The van der Waals surface area contributed by atoms with E-state index in [9.17, 15) is 31.7 Å². The van der Waals surface area contributed by atoms with Gasteiger partial charge in [-0.25, -0.2) is 8.42 Å². The molecule has 0 aliphatic carbocycles. The van der Waals surface area contributed by atoms with Crippen LogP contribution in [0.1, 0.15) is 5.56 Å². The predicted molar refractivity (Wildman–Crippen MR) is 74.4 cm³/mol. The summed E-state index contributed by atoms with van der Waals surface area (Å²) < 4.78 is 63.4. The van der Waals surface area contributed by atoms with Gasteiger partial charge in [-0.3, -0.25) is 10.1 Å². The molecule has 0 amide bonds. The van der Waals surface area contributed by atoms with E-state index in [1.807, 2.05) is 0 Å². The number of nitrogen functional groups attached to an aromatic ring is 1. The number of anilines is 1. The second-order valence-electron chi connectivity index (χ2n) is 4.51. The fourth-order valence-corrected chi connectivity index (χ4v) is 3.14. The van der Waals surface area contributed by atoms with E-state index in [4.69, 9.17) is 5.73 Å². The summed E-state index contributed by atoms with van der Waals surface area (Å²) in [5, 5.41) is 10.7. The third kappa shape index (κ3) is 3.26. The van der Waals surface area contributed by atoms with E-state index in [0.717, 1.165) is 18.2 Å². The Hall–Kier alpha value is -2.62. The maximum Gasteiger partial charge on any atom is 0.423 e. The quantitative estimate of drug-likeness (QED) is 0.523. The molecule has 0 heterocycles. The van der Waals surface area contributed by atoms with Crippen molar-refractivity contribution in [2.24, 2.45) is 0 Å². The number of nitrogens with zero attached hydrogens (tertiary/aromatic N) is 1. The molecule has 122 valence electrons. The molecule has 2 aromatic rings. The molecule has 0 spiro atoms. The topological polar surface area (TPSA) is 103 Å². The average Bonchev–Trinajstić information content (AvgIpc) is 2.46. The van der Waals surface area contributed by atoms with Crippen LogP contribution < -0.4 is 5.73 Å². The van der Waals surface area contributed by atoms with E-state index in [1.54, 1.807) is 0 Å². The lowest BCUT2D eigenvalue weighted by Gasteiger charge is -2.10. The number of sulfone groups is 1. The molecule has 0 aliphatic heterocycles. The first-order valence-corrected chi connectivity index (χ1v) is 7.48. The van der Waals surface area contributed by atoms with Gasteiger partial charge in [-0.1, -0.05) is 0 Å². The Morgan fingerprint density at radius 2 is 1.52 bits per heavy atom. The van der Waals surface area contributed by atoms with Crippen molar-refractivity contribution < 1.29 is 26.5 Å². The Morgan fingerprint density at radius 3 is 2.00 bits per heavy atom. The van der Waals surface area contributed by atoms with Gasteiger partial charge in [0.15, 0.2) is 0 Å². The summed E-state index contributed by atoms with van der Waals surface area (Å²) in [4.78, 5) is 8.50. The Balaban J connectivity index is 2.64. The van der Waals surface area contributed by atoms with E-state index in [-0.39, 0.29) is 16.6 Å². The minimum atomic E-state index is -5.06. The summed E-state index contributed by atoms with van der Waals surface area (Å²) in [6.07, 6.45) is -5.06. The number of nitro benzene ring substituents is 1. The normalized spacial score (nSPS) is 12.1. The summed E-state index contributed by atoms with van der Waals surface area (Å²) in [6, 6.07) is 6.38. The van der Waals surface area contributed by atoms with Gasteiger partial charge in [0.2, 0.25) is 9.84 Å². The van der Waals surface area contributed by atoms with Crippen LogP contribution in [0.5, 0.6) is 0 Å². The number of benzene rings is 2. The van der Waals surface area contributed by atoms with E-state index < -0.39 is 37.1 Å². The summed E-state index contributed by atoms with van der Waals surface area (Å²) in [5.41, 5.74) is 2.87. The zero-order chi connectivity index (χ0) is 17.4. The molecule has 2 aromatic carbocycles. The fourth-order valence-electron chi connectivity index (χ4n) is 1.85. The van der Waals surface area contributed by atoms with Gasteiger partial charge in [0.05, 0.1) is 14.7 Å². The van der Waals surface area contributed by atoms with E-state index in [0.29, 0.717) is 6.07 Å². The number of nitrogens with two attached hydrogens (primary N) is 1. The molecule has 0 saturated heterocycles. The molecule has 0 aliphatic rings. The average molecular weight is 346 g/mol. The standard InChI is InChI=1S/C13H9F3N2O4S/c14-13(15,16)11-7-10(5-6-12(11)18(19)20)23(21,22)9-3-1-8(17)2-4-9/h1-7H,17H2. The van der Waals surface area contributed by atoms with Crippen LogP contribution in [-0.2, 0) is 16.0 Å². The van der Waals surface area contributed by atoms with Gasteiger partial charge in [-0.2, -0.15) is 13.2 Å². The van der Waals surface area contributed by atoms with Crippen molar-refractivity contribution in [3.05, 3.63) is 58.1 Å². The number of hydrogen-bond acceptors (Lipinski definition) is 5. The Morgan fingerprint density at radius 1 is 1.00 bits per heavy atom. The van der Waals surface area contributed by atoms with Gasteiger partial charge in [-0.05, 0) is 36.4 Å². The number of nitro groups is 1. The summed E-state index contributed by atoms with van der Waals surface area (Å²) >= 11 is 0. The lowest BCUT2D eigenvalue weighted by molar-refractivity contribution is -0.388. The molecule has 0 unspecified atom stereocenters. The number of hydrogen-bond donors (Lipinski definition) is 1. The van der Waals surface area contributed by atoms with Gasteiger partial charge in [0, 0.05) is 11.8 Å². The number of alkyl halides is 3. The van der Waals surface area contributed by atoms with Crippen molar-refractivity contribution in [1.82, 2.24) is 0 Å². The highest BCUT2D eigenvalue weighted by Crippen LogP contribution is 2.38. The first-order valence-electron chi connectivity index (χ1n) is 6.00. The van der Waals surface area contributed by atoms with Gasteiger partial charge >= 0.3 is 6.18 Å². The minimum Gasteiger partial charge on any atom is -0.399 e. The largest absolute Gasteiger partial charge is 0.423 e. The maximum atomic E-state index is 12.9. The van der Waals surface area contributed by atoms with Gasteiger partial charge in [-0.15, -0.1) is 0 Å². The van der Waals surface area contributed by atoms with Crippen molar-refractivity contribution in [3.8, 4) is 0 Å². The number of rotatable bonds is 3. The highest BCUT2D eigenvalue weighted by atomic mass is 32.2. The Kier molecular flexibility index (Phi) is 4.03. The highest BCUT2D eigenvalue weighted by Gasteiger charge is 2.39. The maximum absolute atomic E-state index is 12.9. The minimum absolute atomic E-state index is 0.254. The molecular formula is C13H9F3N2O4S. The van der Waals surface area contributed by atoms with Crippen LogP contribution in [0.2, 0.25) is 0 Å². The molecule has 2 N–H and O–H groups in total. The van der Waals surface area contributed by atoms with E-state index >= 15 is 0 Å². The van der Waals surface area contributed by atoms with Crippen LogP contribution in [-0.4, -0.2) is 13.3 Å². The lowest BCUT2D eigenvalue weighted by atomic mass is 10.2. The molecule has 0 aromatic heterocycles. The molecule has 0 atom stereocenters. The summed E-state index contributed by atoms with van der Waals surface area (Å²) in [5.74, 6) is 0. The SMILES string of the molecule is Nc1ccc(S(=O)(=O)c2ccc([N+](=O)[O-])c(C(F)(F)F)c2)cc1. The third-order valence-corrected chi connectivity index (χ3v) is 4.74. The van der Waals surface area contributed by atoms with Crippen LogP contribution in [0.3, 0.4) is 0 Å². The van der Waals surface area contributed by atoms with Crippen molar-refractivity contribution in [2.45, 2.75) is 16.0 Å². The summed E-state index contributed by atoms with van der Waals surface area (Å²) in [7, 11) is -4.26. The molecule has 23 heavy (non-hydrogen) atoms. The first-order chi connectivity index (χ1) is 10.5. The van der Waals surface area contributed by atoms with Crippen LogP contribution in [0.25, 0.3) is 0 Å². The predicted octanol–water partition coefficient (Wildman–Crippen LogP) is 3.03. The molecule has 0 saturated carbocycles. The lowest BCUT2D eigenvalue weighted by Crippen LogP contribution is -2.11. The number of halogens is 3. The summed E-state index contributed by atoms with van der Waals surface area (Å²) in [6.45, 7) is 0. The van der Waals surface area contributed by atoms with Gasteiger partial charge < -0.3 is 5.73 Å². The molecule has 10 heteroatoms. The van der Waals surface area contributed by atoms with Crippen molar-refractivity contribution >= 4 is 21.2 Å². The Bertz CT molecular complexity index is 862. The van der Waals surface area contributed by atoms with Crippen LogP contribution in [0.15, 0.2) is 52.3 Å². The second kappa shape index (κ2) is 5.54. The van der Waals surface area contributed by atoms with Crippen LogP contribution in [0, 0.1) is 10.1 Å². The molecule has 0 fully saturated rings. The van der Waals surface area contributed by atoms with Crippen molar-refractivity contribution in [3.63, 3.8) is 0 Å². The zero-order valence-electron chi connectivity index (χ0n) is 11.2. The van der Waals surface area contributed by atoms with Gasteiger partial charge in [0.1, 0.15) is 5.56 Å². The Labute approximate surface area is 128 Å². The molecule has 0 radical (unpaired) electrons. The molecule has 2 rings (SSSR count).